The minimum Gasteiger partial charge on any atom is -0.481 e. The maximum absolute atomic E-state index is 10.5. The van der Waals surface area contributed by atoms with Gasteiger partial charge in [0.15, 0.2) is 0 Å². The summed E-state index contributed by atoms with van der Waals surface area (Å²) in [5.74, 6) is -0.870. The third kappa shape index (κ3) is 4.00. The Morgan fingerprint density at radius 2 is 1.94 bits per heavy atom. The van der Waals surface area contributed by atoms with E-state index < -0.39 is 12.0 Å². The van der Waals surface area contributed by atoms with E-state index in [0.29, 0.717) is 0 Å². The molecule has 1 rings (SSSR count). The summed E-state index contributed by atoms with van der Waals surface area (Å²) in [6, 6.07) is 7.33. The summed E-state index contributed by atoms with van der Waals surface area (Å²) in [6.07, 6.45) is -0.0347. The number of rotatable bonds is 5. The maximum Gasteiger partial charge on any atom is 0.305 e. The van der Waals surface area contributed by atoms with Crippen LogP contribution in [0.15, 0.2) is 24.3 Å². The van der Waals surface area contributed by atoms with Gasteiger partial charge in [-0.25, -0.2) is 0 Å². The second-order valence-electron chi connectivity index (χ2n) is 4.18. The van der Waals surface area contributed by atoms with E-state index in [0.717, 1.165) is 12.1 Å². The van der Waals surface area contributed by atoms with Crippen molar-refractivity contribution in [1.82, 2.24) is 4.90 Å². The van der Waals surface area contributed by atoms with Gasteiger partial charge in [0, 0.05) is 12.6 Å². The van der Waals surface area contributed by atoms with Gasteiger partial charge in [-0.2, -0.15) is 0 Å². The van der Waals surface area contributed by atoms with E-state index in [1.807, 2.05) is 38.4 Å². The van der Waals surface area contributed by atoms with Gasteiger partial charge < -0.3 is 15.7 Å². The molecule has 0 spiro atoms. The molecule has 0 aliphatic rings. The fourth-order valence-corrected chi connectivity index (χ4v) is 1.54. The molecule has 0 radical (unpaired) electrons. The molecule has 1 atom stereocenters. The van der Waals surface area contributed by atoms with Crippen LogP contribution in [0.1, 0.15) is 23.6 Å². The van der Waals surface area contributed by atoms with E-state index in [1.165, 1.54) is 5.56 Å². The number of hydrogen-bond donors (Lipinski definition) is 2. The number of nitrogens with zero attached hydrogens (tertiary/aromatic N) is 1. The molecule has 0 aliphatic heterocycles. The van der Waals surface area contributed by atoms with Crippen molar-refractivity contribution in [2.75, 3.05) is 14.1 Å². The Kier molecular flexibility index (Phi) is 4.46. The number of carboxylic acid groups (broad SMARTS) is 1. The van der Waals surface area contributed by atoms with Crippen LogP contribution >= 0.6 is 0 Å². The summed E-state index contributed by atoms with van der Waals surface area (Å²) in [5, 5.41) is 8.63. The molecule has 1 aromatic carbocycles. The second kappa shape index (κ2) is 5.63. The second-order valence-corrected chi connectivity index (χ2v) is 4.18. The fraction of sp³-hybridized carbons (Fsp3) is 0.417. The van der Waals surface area contributed by atoms with Crippen molar-refractivity contribution in [3.63, 3.8) is 0 Å². The molecule has 0 bridgehead atoms. The number of benzene rings is 1. The number of carboxylic acids is 1. The lowest BCUT2D eigenvalue weighted by Crippen LogP contribution is -2.15. The van der Waals surface area contributed by atoms with Crippen LogP contribution in [0.5, 0.6) is 0 Å². The number of hydrogen-bond acceptors (Lipinski definition) is 3. The van der Waals surface area contributed by atoms with E-state index in [4.69, 9.17) is 10.8 Å². The normalized spacial score (nSPS) is 12.8. The molecule has 0 aliphatic carbocycles. The first-order valence-corrected chi connectivity index (χ1v) is 5.20. The molecule has 1 unspecified atom stereocenters. The van der Waals surface area contributed by atoms with E-state index in [1.54, 1.807) is 0 Å². The fourth-order valence-electron chi connectivity index (χ4n) is 1.54. The molecule has 4 heteroatoms. The topological polar surface area (TPSA) is 66.6 Å². The predicted octanol–water partition coefficient (Wildman–Crippen LogP) is 1.22. The Labute approximate surface area is 95.7 Å². The molecule has 0 aromatic heterocycles. The summed E-state index contributed by atoms with van der Waals surface area (Å²) in [6.45, 7) is 0.869. The number of aliphatic carboxylic acids is 1. The van der Waals surface area contributed by atoms with Crippen LogP contribution in [0, 0.1) is 0 Å². The van der Waals surface area contributed by atoms with Crippen LogP contribution in [0.2, 0.25) is 0 Å². The molecule has 0 fully saturated rings. The van der Waals surface area contributed by atoms with Crippen LogP contribution in [-0.4, -0.2) is 30.1 Å². The minimum absolute atomic E-state index is 0.0347. The SMILES string of the molecule is CN(C)Cc1ccc(C(N)CC(=O)O)cc1. The van der Waals surface area contributed by atoms with E-state index >= 15 is 0 Å². The zero-order valence-electron chi connectivity index (χ0n) is 9.68. The quantitative estimate of drug-likeness (QED) is 0.786. The van der Waals surface area contributed by atoms with Gasteiger partial charge in [0.25, 0.3) is 0 Å². The van der Waals surface area contributed by atoms with Gasteiger partial charge in [-0.05, 0) is 25.2 Å². The number of carbonyl (C=O) groups is 1. The third-order valence-electron chi connectivity index (χ3n) is 2.30. The highest BCUT2D eigenvalue weighted by Crippen LogP contribution is 2.15. The van der Waals surface area contributed by atoms with E-state index in [2.05, 4.69) is 4.90 Å². The van der Waals surface area contributed by atoms with Crippen LogP contribution in [0.4, 0.5) is 0 Å². The molecule has 0 amide bonds. The molecule has 88 valence electrons. The van der Waals surface area contributed by atoms with Crippen molar-refractivity contribution in [3.05, 3.63) is 35.4 Å². The van der Waals surface area contributed by atoms with Crippen LogP contribution in [0.3, 0.4) is 0 Å². The first-order chi connectivity index (χ1) is 7.49. The standard InChI is InChI=1S/C12H18N2O2/c1-14(2)8-9-3-5-10(6-4-9)11(13)7-12(15)16/h3-6,11H,7-8,13H2,1-2H3,(H,15,16). The predicted molar refractivity (Wildman–Crippen MR) is 63.0 cm³/mol. The molecular weight excluding hydrogens is 204 g/mol. The van der Waals surface area contributed by atoms with Gasteiger partial charge in [0.1, 0.15) is 0 Å². The summed E-state index contributed by atoms with van der Waals surface area (Å²) < 4.78 is 0. The Balaban J connectivity index is 2.66. The smallest absolute Gasteiger partial charge is 0.305 e. The first kappa shape index (κ1) is 12.7. The van der Waals surface area contributed by atoms with Gasteiger partial charge in [0.2, 0.25) is 0 Å². The van der Waals surface area contributed by atoms with Crippen molar-refractivity contribution in [2.24, 2.45) is 5.73 Å². The van der Waals surface area contributed by atoms with E-state index in [9.17, 15) is 4.79 Å². The van der Waals surface area contributed by atoms with Crippen LogP contribution in [-0.2, 0) is 11.3 Å². The summed E-state index contributed by atoms with van der Waals surface area (Å²) in [7, 11) is 4.01. The highest BCUT2D eigenvalue weighted by Gasteiger charge is 2.10. The number of nitrogens with two attached hydrogens (primary N) is 1. The van der Waals surface area contributed by atoms with Gasteiger partial charge in [-0.1, -0.05) is 24.3 Å². The Bertz CT molecular complexity index is 347. The lowest BCUT2D eigenvalue weighted by Gasteiger charge is -2.12. The average Bonchev–Trinajstić information content (AvgIpc) is 2.16. The lowest BCUT2D eigenvalue weighted by atomic mass is 10.0. The van der Waals surface area contributed by atoms with Gasteiger partial charge >= 0.3 is 5.97 Å². The highest BCUT2D eigenvalue weighted by molar-refractivity contribution is 5.67. The van der Waals surface area contributed by atoms with Gasteiger partial charge in [0.05, 0.1) is 6.42 Å². The summed E-state index contributed by atoms with van der Waals surface area (Å²) in [4.78, 5) is 12.6. The highest BCUT2D eigenvalue weighted by atomic mass is 16.4. The average molecular weight is 222 g/mol. The molecular formula is C12H18N2O2. The maximum atomic E-state index is 10.5. The molecule has 0 saturated heterocycles. The summed E-state index contributed by atoms with van der Waals surface area (Å²) >= 11 is 0. The Hall–Kier alpha value is -1.39. The van der Waals surface area contributed by atoms with Gasteiger partial charge in [-0.15, -0.1) is 0 Å². The molecule has 1 aromatic rings. The largest absolute Gasteiger partial charge is 0.481 e. The van der Waals surface area contributed by atoms with Crippen LogP contribution in [0.25, 0.3) is 0 Å². The van der Waals surface area contributed by atoms with Crippen molar-refractivity contribution >= 4 is 5.97 Å². The van der Waals surface area contributed by atoms with E-state index in [-0.39, 0.29) is 6.42 Å². The van der Waals surface area contributed by atoms with Crippen LogP contribution < -0.4 is 5.73 Å². The Morgan fingerprint density at radius 1 is 1.38 bits per heavy atom. The van der Waals surface area contributed by atoms with Crippen molar-refractivity contribution in [1.29, 1.82) is 0 Å². The summed E-state index contributed by atoms with van der Waals surface area (Å²) in [5.41, 5.74) is 7.81. The third-order valence-corrected chi connectivity index (χ3v) is 2.30. The molecule has 16 heavy (non-hydrogen) atoms. The molecule has 0 heterocycles. The van der Waals surface area contributed by atoms with Gasteiger partial charge in [-0.3, -0.25) is 4.79 Å². The zero-order valence-corrected chi connectivity index (χ0v) is 9.68. The van der Waals surface area contributed by atoms with Crippen molar-refractivity contribution < 1.29 is 9.90 Å². The van der Waals surface area contributed by atoms with Crippen molar-refractivity contribution in [3.8, 4) is 0 Å². The minimum atomic E-state index is -0.870. The molecule has 4 nitrogen and oxygen atoms in total. The zero-order chi connectivity index (χ0) is 12.1. The Morgan fingerprint density at radius 3 is 2.38 bits per heavy atom. The lowest BCUT2D eigenvalue weighted by molar-refractivity contribution is -0.137. The van der Waals surface area contributed by atoms with Crippen molar-refractivity contribution in [2.45, 2.75) is 19.0 Å². The first-order valence-electron chi connectivity index (χ1n) is 5.20. The monoisotopic (exact) mass is 222 g/mol. The molecule has 0 saturated carbocycles. The molecule has 3 N–H and O–H groups in total.